The number of hydrogen-bond acceptors (Lipinski definition) is 5. The van der Waals surface area contributed by atoms with Gasteiger partial charge in [0.25, 0.3) is 0 Å². The average molecular weight is 332 g/mol. The summed E-state index contributed by atoms with van der Waals surface area (Å²) in [6.07, 6.45) is 2.53. The normalized spacial score (nSPS) is 10.3. The highest BCUT2D eigenvalue weighted by atomic mass is 16.1. The molecule has 0 atom stereocenters. The Kier molecular flexibility index (Phi) is 5.04. The summed E-state index contributed by atoms with van der Waals surface area (Å²) in [5.41, 5.74) is 3.82. The molecule has 0 aliphatic heterocycles. The van der Waals surface area contributed by atoms with Crippen LogP contribution in [0.3, 0.4) is 0 Å². The van der Waals surface area contributed by atoms with E-state index in [1.54, 1.807) is 19.1 Å². The van der Waals surface area contributed by atoms with E-state index in [4.69, 9.17) is 0 Å². The standard InChI is InChI=1S/C20H20N4O/c1-3-15-4-8-17(9-5-15)23-19-12-20(22-13-21-19)24-18-10-6-16(7-11-18)14(2)25/h4-13H,3H2,1-2H3,(H2,21,22,23,24). The highest BCUT2D eigenvalue weighted by Gasteiger charge is 2.02. The highest BCUT2D eigenvalue weighted by Crippen LogP contribution is 2.20. The molecule has 3 aromatic rings. The van der Waals surface area contributed by atoms with Crippen LogP contribution in [0.25, 0.3) is 0 Å². The number of hydrogen-bond donors (Lipinski definition) is 2. The second-order valence-corrected chi connectivity index (χ2v) is 5.72. The van der Waals surface area contributed by atoms with Gasteiger partial charge in [0.05, 0.1) is 0 Å². The van der Waals surface area contributed by atoms with E-state index in [0.717, 1.165) is 17.8 Å². The molecule has 1 aromatic heterocycles. The van der Waals surface area contributed by atoms with Gasteiger partial charge in [0, 0.05) is 23.0 Å². The minimum atomic E-state index is 0.0502. The van der Waals surface area contributed by atoms with Crippen molar-refractivity contribution in [1.29, 1.82) is 0 Å². The van der Waals surface area contributed by atoms with Crippen molar-refractivity contribution in [1.82, 2.24) is 9.97 Å². The zero-order chi connectivity index (χ0) is 17.6. The summed E-state index contributed by atoms with van der Waals surface area (Å²) in [5, 5.41) is 6.48. The molecule has 0 saturated heterocycles. The fourth-order valence-corrected chi connectivity index (χ4v) is 2.40. The van der Waals surface area contributed by atoms with Crippen LogP contribution >= 0.6 is 0 Å². The molecule has 25 heavy (non-hydrogen) atoms. The van der Waals surface area contributed by atoms with Gasteiger partial charge in [0.1, 0.15) is 18.0 Å². The highest BCUT2D eigenvalue weighted by molar-refractivity contribution is 5.94. The van der Waals surface area contributed by atoms with Crippen molar-refractivity contribution in [3.05, 3.63) is 72.1 Å². The number of benzene rings is 2. The molecule has 1 heterocycles. The number of anilines is 4. The quantitative estimate of drug-likeness (QED) is 0.639. The Balaban J connectivity index is 1.71. The van der Waals surface area contributed by atoms with Gasteiger partial charge in [0.15, 0.2) is 5.78 Å². The van der Waals surface area contributed by atoms with Gasteiger partial charge in [-0.3, -0.25) is 4.79 Å². The Labute approximate surface area is 147 Å². The van der Waals surface area contributed by atoms with Crippen LogP contribution in [0.1, 0.15) is 29.8 Å². The third kappa shape index (κ3) is 4.41. The van der Waals surface area contributed by atoms with Gasteiger partial charge in [-0.25, -0.2) is 9.97 Å². The maximum atomic E-state index is 11.3. The Morgan fingerprint density at radius 2 is 1.40 bits per heavy atom. The summed E-state index contributed by atoms with van der Waals surface area (Å²) >= 11 is 0. The van der Waals surface area contributed by atoms with E-state index in [-0.39, 0.29) is 5.78 Å². The number of Topliss-reactive ketones (excluding diaryl/α,β-unsaturated/α-hetero) is 1. The molecule has 0 saturated carbocycles. The van der Waals surface area contributed by atoms with Crippen molar-refractivity contribution in [3.63, 3.8) is 0 Å². The van der Waals surface area contributed by atoms with E-state index in [2.05, 4.69) is 39.7 Å². The molecular formula is C20H20N4O. The van der Waals surface area contributed by atoms with Gasteiger partial charge in [0.2, 0.25) is 0 Å². The first-order chi connectivity index (χ1) is 12.1. The monoisotopic (exact) mass is 332 g/mol. The summed E-state index contributed by atoms with van der Waals surface area (Å²) in [4.78, 5) is 19.8. The zero-order valence-electron chi connectivity index (χ0n) is 14.3. The second kappa shape index (κ2) is 7.57. The van der Waals surface area contributed by atoms with Gasteiger partial charge in [-0.05, 0) is 55.3 Å². The Bertz CT molecular complexity index is 858. The molecule has 0 unspecified atom stereocenters. The van der Waals surface area contributed by atoms with Gasteiger partial charge in [-0.15, -0.1) is 0 Å². The molecule has 0 aliphatic carbocycles. The lowest BCUT2D eigenvalue weighted by atomic mass is 10.1. The molecule has 0 aliphatic rings. The van der Waals surface area contributed by atoms with Gasteiger partial charge < -0.3 is 10.6 Å². The largest absolute Gasteiger partial charge is 0.340 e. The van der Waals surface area contributed by atoms with Crippen LogP contribution in [-0.4, -0.2) is 15.8 Å². The van der Waals surface area contributed by atoms with Gasteiger partial charge in [-0.2, -0.15) is 0 Å². The van der Waals surface area contributed by atoms with E-state index in [1.165, 1.54) is 11.9 Å². The third-order valence-corrected chi connectivity index (χ3v) is 3.87. The third-order valence-electron chi connectivity index (χ3n) is 3.87. The molecule has 0 bridgehead atoms. The number of aryl methyl sites for hydroxylation is 1. The topological polar surface area (TPSA) is 66.9 Å². The molecule has 0 amide bonds. The number of carbonyl (C=O) groups excluding carboxylic acids is 1. The average Bonchev–Trinajstić information content (AvgIpc) is 2.63. The fourth-order valence-electron chi connectivity index (χ4n) is 2.40. The van der Waals surface area contributed by atoms with Crippen LogP contribution in [0.4, 0.5) is 23.0 Å². The van der Waals surface area contributed by atoms with Crippen LogP contribution in [0.15, 0.2) is 60.9 Å². The first-order valence-corrected chi connectivity index (χ1v) is 8.20. The Hall–Kier alpha value is -3.21. The van der Waals surface area contributed by atoms with E-state index in [9.17, 15) is 4.79 Å². The predicted octanol–water partition coefficient (Wildman–Crippen LogP) is 4.73. The van der Waals surface area contributed by atoms with Crippen LogP contribution in [0, 0.1) is 0 Å². The number of nitrogens with zero attached hydrogens (tertiary/aromatic N) is 2. The maximum Gasteiger partial charge on any atom is 0.159 e. The van der Waals surface area contributed by atoms with Crippen molar-refractivity contribution < 1.29 is 4.79 Å². The van der Waals surface area contributed by atoms with E-state index < -0.39 is 0 Å². The summed E-state index contributed by atoms with van der Waals surface area (Å²) < 4.78 is 0. The predicted molar refractivity (Wildman–Crippen MR) is 101 cm³/mol. The molecule has 0 radical (unpaired) electrons. The smallest absolute Gasteiger partial charge is 0.159 e. The second-order valence-electron chi connectivity index (χ2n) is 5.72. The summed E-state index contributed by atoms with van der Waals surface area (Å²) in [5.74, 6) is 1.44. The molecule has 2 aromatic carbocycles. The molecule has 5 heteroatoms. The molecule has 0 spiro atoms. The van der Waals surface area contributed by atoms with Gasteiger partial charge >= 0.3 is 0 Å². The summed E-state index contributed by atoms with van der Waals surface area (Å²) in [6.45, 7) is 3.69. The lowest BCUT2D eigenvalue weighted by Crippen LogP contribution is -1.99. The van der Waals surface area contributed by atoms with Crippen molar-refractivity contribution >= 4 is 28.8 Å². The molecule has 3 rings (SSSR count). The van der Waals surface area contributed by atoms with Gasteiger partial charge in [-0.1, -0.05) is 19.1 Å². The summed E-state index contributed by atoms with van der Waals surface area (Å²) in [7, 11) is 0. The van der Waals surface area contributed by atoms with Crippen molar-refractivity contribution in [3.8, 4) is 0 Å². The fraction of sp³-hybridized carbons (Fsp3) is 0.150. The lowest BCUT2D eigenvalue weighted by Gasteiger charge is -2.09. The minimum absolute atomic E-state index is 0.0502. The Morgan fingerprint density at radius 3 is 1.88 bits per heavy atom. The zero-order valence-corrected chi connectivity index (χ0v) is 14.3. The number of aromatic nitrogens is 2. The first-order valence-electron chi connectivity index (χ1n) is 8.20. The van der Waals surface area contributed by atoms with Crippen LogP contribution < -0.4 is 10.6 Å². The Morgan fingerprint density at radius 1 is 0.880 bits per heavy atom. The van der Waals surface area contributed by atoms with Crippen molar-refractivity contribution in [2.75, 3.05) is 10.6 Å². The molecule has 5 nitrogen and oxygen atoms in total. The van der Waals surface area contributed by atoms with E-state index >= 15 is 0 Å². The number of carbonyl (C=O) groups is 1. The molecule has 2 N–H and O–H groups in total. The molecule has 0 fully saturated rings. The first kappa shape index (κ1) is 16.6. The van der Waals surface area contributed by atoms with E-state index in [1.807, 2.05) is 30.3 Å². The van der Waals surface area contributed by atoms with Crippen molar-refractivity contribution in [2.45, 2.75) is 20.3 Å². The SMILES string of the molecule is CCc1ccc(Nc2cc(Nc3ccc(C(C)=O)cc3)ncn2)cc1. The van der Waals surface area contributed by atoms with Crippen LogP contribution in [-0.2, 0) is 6.42 Å². The minimum Gasteiger partial charge on any atom is -0.340 e. The van der Waals surface area contributed by atoms with Crippen LogP contribution in [0.5, 0.6) is 0 Å². The maximum absolute atomic E-state index is 11.3. The van der Waals surface area contributed by atoms with Crippen molar-refractivity contribution in [2.24, 2.45) is 0 Å². The number of nitrogens with one attached hydrogen (secondary N) is 2. The summed E-state index contributed by atoms with van der Waals surface area (Å²) in [6, 6.07) is 17.4. The number of rotatable bonds is 6. The van der Waals surface area contributed by atoms with E-state index in [0.29, 0.717) is 17.2 Å². The molecule has 126 valence electrons. The number of ketones is 1. The van der Waals surface area contributed by atoms with Crippen LogP contribution in [0.2, 0.25) is 0 Å². The molecular weight excluding hydrogens is 312 g/mol. The lowest BCUT2D eigenvalue weighted by molar-refractivity contribution is 0.101.